The zero-order chi connectivity index (χ0) is 22.3. The van der Waals surface area contributed by atoms with Crippen LogP contribution in [0.3, 0.4) is 0 Å². The number of fused-ring (bicyclic) bond motifs is 1. The number of nitrogens with one attached hydrogen (secondary N) is 1. The van der Waals surface area contributed by atoms with Gasteiger partial charge in [0, 0.05) is 18.8 Å². The summed E-state index contributed by atoms with van der Waals surface area (Å²) >= 11 is 0. The number of sulfonamides is 1. The average Bonchev–Trinajstić information content (AvgIpc) is 2.96. The standard InChI is InChI=1S/C18H20F3N5O3S/c1-10-11(2)24-17(22)15-16(10)26(12(3)25-15)9-8-23-30(27,28)14-6-4-13(5-7-14)29-18(19,20)21/h4-7,23H,8-9H2,1-3H3,(H2,22,24). The molecule has 0 fully saturated rings. The van der Waals surface area contributed by atoms with Crippen molar-refractivity contribution in [2.24, 2.45) is 0 Å². The maximum atomic E-state index is 12.5. The summed E-state index contributed by atoms with van der Waals surface area (Å²) in [5.41, 5.74) is 8.93. The summed E-state index contributed by atoms with van der Waals surface area (Å²) in [6, 6.07) is 3.97. The van der Waals surface area contributed by atoms with E-state index in [2.05, 4.69) is 19.4 Å². The summed E-state index contributed by atoms with van der Waals surface area (Å²) in [6.07, 6.45) is -4.85. The van der Waals surface area contributed by atoms with Gasteiger partial charge in [-0.1, -0.05) is 0 Å². The van der Waals surface area contributed by atoms with Crippen molar-refractivity contribution >= 4 is 26.9 Å². The monoisotopic (exact) mass is 443 g/mol. The third-order valence-corrected chi connectivity index (χ3v) is 6.06. The molecule has 0 aliphatic heterocycles. The first kappa shape index (κ1) is 21.8. The highest BCUT2D eigenvalue weighted by atomic mass is 32.2. The fourth-order valence-electron chi connectivity index (χ4n) is 3.08. The van der Waals surface area contributed by atoms with Crippen LogP contribution in [0.2, 0.25) is 0 Å². The maximum absolute atomic E-state index is 12.5. The van der Waals surface area contributed by atoms with Gasteiger partial charge in [-0.3, -0.25) is 0 Å². The molecule has 0 aliphatic rings. The van der Waals surface area contributed by atoms with Crippen molar-refractivity contribution in [3.63, 3.8) is 0 Å². The molecule has 162 valence electrons. The molecule has 3 N–H and O–H groups in total. The first-order valence-corrected chi connectivity index (χ1v) is 10.3. The lowest BCUT2D eigenvalue weighted by molar-refractivity contribution is -0.274. The number of aryl methyl sites for hydroxylation is 3. The van der Waals surface area contributed by atoms with Gasteiger partial charge in [0.2, 0.25) is 10.0 Å². The fraction of sp³-hybridized carbons (Fsp3) is 0.333. The molecule has 0 spiro atoms. The summed E-state index contributed by atoms with van der Waals surface area (Å²) in [6.45, 7) is 5.81. The van der Waals surface area contributed by atoms with Crippen molar-refractivity contribution in [1.82, 2.24) is 19.3 Å². The zero-order valence-electron chi connectivity index (χ0n) is 16.4. The van der Waals surface area contributed by atoms with Crippen LogP contribution in [0, 0.1) is 20.8 Å². The Morgan fingerprint density at radius 3 is 2.37 bits per heavy atom. The van der Waals surface area contributed by atoms with E-state index in [9.17, 15) is 21.6 Å². The number of nitrogens with zero attached hydrogens (tertiary/aromatic N) is 3. The van der Waals surface area contributed by atoms with Crippen molar-refractivity contribution < 1.29 is 26.3 Å². The molecule has 0 saturated heterocycles. The minimum absolute atomic E-state index is 0.0378. The summed E-state index contributed by atoms with van der Waals surface area (Å²) < 4.78 is 69.6. The number of aromatic nitrogens is 3. The van der Waals surface area contributed by atoms with E-state index in [0.717, 1.165) is 41.0 Å². The first-order chi connectivity index (χ1) is 13.9. The highest BCUT2D eigenvalue weighted by Crippen LogP contribution is 2.26. The smallest absolute Gasteiger partial charge is 0.406 e. The molecule has 0 aliphatic carbocycles. The van der Waals surface area contributed by atoms with Gasteiger partial charge in [-0.25, -0.2) is 23.1 Å². The lowest BCUT2D eigenvalue weighted by atomic mass is 10.2. The number of imidazole rings is 1. The molecule has 30 heavy (non-hydrogen) atoms. The van der Waals surface area contributed by atoms with E-state index in [0.29, 0.717) is 17.2 Å². The second kappa shape index (κ2) is 7.76. The molecule has 1 aromatic carbocycles. The van der Waals surface area contributed by atoms with Gasteiger partial charge in [-0.2, -0.15) is 0 Å². The number of alkyl halides is 3. The Kier molecular flexibility index (Phi) is 5.65. The van der Waals surface area contributed by atoms with Gasteiger partial charge in [-0.15, -0.1) is 13.2 Å². The van der Waals surface area contributed by atoms with Gasteiger partial charge in [0.15, 0.2) is 5.82 Å². The van der Waals surface area contributed by atoms with E-state index in [4.69, 9.17) is 5.73 Å². The van der Waals surface area contributed by atoms with E-state index in [1.807, 2.05) is 18.4 Å². The van der Waals surface area contributed by atoms with Crippen LogP contribution in [0.1, 0.15) is 17.1 Å². The highest BCUT2D eigenvalue weighted by Gasteiger charge is 2.31. The van der Waals surface area contributed by atoms with Gasteiger partial charge in [0.25, 0.3) is 0 Å². The summed E-state index contributed by atoms with van der Waals surface area (Å²) in [4.78, 5) is 8.50. The Morgan fingerprint density at radius 1 is 1.13 bits per heavy atom. The molecular weight excluding hydrogens is 423 g/mol. The average molecular weight is 443 g/mol. The van der Waals surface area contributed by atoms with Crippen LogP contribution in [-0.4, -0.2) is 35.9 Å². The van der Waals surface area contributed by atoms with E-state index in [-0.39, 0.29) is 18.0 Å². The van der Waals surface area contributed by atoms with Crippen LogP contribution < -0.4 is 15.2 Å². The number of hydrogen-bond acceptors (Lipinski definition) is 6. The molecule has 2 aromatic heterocycles. The molecule has 2 heterocycles. The quantitative estimate of drug-likeness (QED) is 0.606. The lowest BCUT2D eigenvalue weighted by Crippen LogP contribution is -2.27. The normalized spacial score (nSPS) is 12.5. The molecule has 0 saturated carbocycles. The van der Waals surface area contributed by atoms with E-state index in [1.165, 1.54) is 0 Å². The molecule has 0 radical (unpaired) electrons. The van der Waals surface area contributed by atoms with E-state index in [1.54, 1.807) is 6.92 Å². The maximum Gasteiger partial charge on any atom is 0.573 e. The Balaban J connectivity index is 1.76. The molecule has 0 unspecified atom stereocenters. The van der Waals surface area contributed by atoms with Crippen LogP contribution in [0.4, 0.5) is 19.0 Å². The van der Waals surface area contributed by atoms with Crippen molar-refractivity contribution in [3.8, 4) is 5.75 Å². The van der Waals surface area contributed by atoms with E-state index < -0.39 is 22.1 Å². The predicted octanol–water partition coefficient (Wildman–Crippen LogP) is 2.82. The Labute approximate surface area is 170 Å². The van der Waals surface area contributed by atoms with Crippen molar-refractivity contribution in [3.05, 3.63) is 41.3 Å². The van der Waals surface area contributed by atoms with Crippen molar-refractivity contribution in [2.45, 2.75) is 38.6 Å². The predicted molar refractivity (Wildman–Crippen MR) is 104 cm³/mol. The zero-order valence-corrected chi connectivity index (χ0v) is 17.2. The number of rotatable bonds is 6. The molecular formula is C18H20F3N5O3S. The summed E-state index contributed by atoms with van der Waals surface area (Å²) in [5.74, 6) is 0.454. The highest BCUT2D eigenvalue weighted by molar-refractivity contribution is 7.89. The van der Waals surface area contributed by atoms with Gasteiger partial charge in [0.05, 0.1) is 10.4 Å². The minimum Gasteiger partial charge on any atom is -0.406 e. The molecule has 12 heteroatoms. The number of nitrogen functional groups attached to an aromatic ring is 1. The molecule has 0 atom stereocenters. The Bertz CT molecular complexity index is 1190. The molecule has 3 aromatic rings. The molecule has 3 rings (SSSR count). The molecule has 0 amide bonds. The number of halogens is 3. The number of ether oxygens (including phenoxy) is 1. The van der Waals surface area contributed by atoms with Crippen LogP contribution in [0.5, 0.6) is 5.75 Å². The number of nitrogens with two attached hydrogens (primary N) is 1. The van der Waals surface area contributed by atoms with Gasteiger partial charge in [-0.05, 0) is 50.6 Å². The third kappa shape index (κ3) is 4.49. The van der Waals surface area contributed by atoms with Crippen LogP contribution in [0.25, 0.3) is 11.0 Å². The Morgan fingerprint density at radius 2 is 1.77 bits per heavy atom. The number of pyridine rings is 1. The first-order valence-electron chi connectivity index (χ1n) is 8.84. The van der Waals surface area contributed by atoms with Crippen LogP contribution in [-0.2, 0) is 16.6 Å². The van der Waals surface area contributed by atoms with Crippen molar-refractivity contribution in [1.29, 1.82) is 0 Å². The Hall–Kier alpha value is -2.86. The largest absolute Gasteiger partial charge is 0.573 e. The number of anilines is 1. The van der Waals surface area contributed by atoms with Gasteiger partial charge < -0.3 is 15.0 Å². The SMILES string of the molecule is Cc1nc(N)c2nc(C)n(CCNS(=O)(=O)c3ccc(OC(F)(F)F)cc3)c2c1C. The fourth-order valence-corrected chi connectivity index (χ4v) is 4.10. The minimum atomic E-state index is -4.85. The third-order valence-electron chi connectivity index (χ3n) is 4.58. The van der Waals surface area contributed by atoms with Crippen molar-refractivity contribution in [2.75, 3.05) is 12.3 Å². The number of hydrogen-bond donors (Lipinski definition) is 2. The van der Waals surface area contributed by atoms with Gasteiger partial charge in [0.1, 0.15) is 17.1 Å². The van der Waals surface area contributed by atoms with Crippen LogP contribution in [0.15, 0.2) is 29.2 Å². The molecule has 8 nitrogen and oxygen atoms in total. The second-order valence-corrected chi connectivity index (χ2v) is 8.40. The molecule has 0 bridgehead atoms. The van der Waals surface area contributed by atoms with Crippen LogP contribution >= 0.6 is 0 Å². The lowest BCUT2D eigenvalue weighted by Gasteiger charge is -2.12. The number of benzene rings is 1. The summed E-state index contributed by atoms with van der Waals surface area (Å²) in [5, 5.41) is 0. The second-order valence-electron chi connectivity index (χ2n) is 6.63. The van der Waals surface area contributed by atoms with E-state index >= 15 is 0 Å². The summed E-state index contributed by atoms with van der Waals surface area (Å²) in [7, 11) is -3.92. The topological polar surface area (TPSA) is 112 Å². The van der Waals surface area contributed by atoms with Gasteiger partial charge >= 0.3 is 6.36 Å².